The van der Waals surface area contributed by atoms with Crippen LogP contribution in [0.4, 0.5) is 10.1 Å². The van der Waals surface area contributed by atoms with Crippen LogP contribution < -0.4 is 5.32 Å². The summed E-state index contributed by atoms with van der Waals surface area (Å²) in [6, 6.07) is 10.3. The fourth-order valence-electron chi connectivity index (χ4n) is 1.65. The molecule has 0 atom stereocenters. The zero-order valence-electron chi connectivity index (χ0n) is 9.44. The zero-order chi connectivity index (χ0) is 12.3. The monoisotopic (exact) mass is 229 g/mol. The highest BCUT2D eigenvalue weighted by molar-refractivity contribution is 5.57. The van der Waals surface area contributed by atoms with Gasteiger partial charge in [-0.05, 0) is 24.3 Å². The fourth-order valence-corrected chi connectivity index (χ4v) is 1.65. The molecule has 0 saturated carbocycles. The predicted octanol–water partition coefficient (Wildman–Crippen LogP) is 2.65. The maximum atomic E-state index is 13.3. The van der Waals surface area contributed by atoms with Gasteiger partial charge in [-0.15, -0.1) is 0 Å². The molecule has 1 heterocycles. The van der Waals surface area contributed by atoms with Crippen LogP contribution in [-0.4, -0.2) is 4.57 Å². The van der Waals surface area contributed by atoms with E-state index >= 15 is 0 Å². The van der Waals surface area contributed by atoms with Gasteiger partial charge < -0.3 is 9.88 Å². The molecule has 1 aromatic heterocycles. The number of nitrogens with zero attached hydrogens (tertiary/aromatic N) is 2. The molecule has 4 heteroatoms. The molecule has 2 aromatic rings. The Morgan fingerprint density at radius 2 is 2.18 bits per heavy atom. The molecule has 0 bridgehead atoms. The van der Waals surface area contributed by atoms with E-state index < -0.39 is 5.82 Å². The Morgan fingerprint density at radius 3 is 2.82 bits per heavy atom. The highest BCUT2D eigenvalue weighted by atomic mass is 19.1. The molecular weight excluding hydrogens is 217 g/mol. The molecule has 0 saturated heterocycles. The Kier molecular flexibility index (Phi) is 3.10. The SMILES string of the molecule is Cn1cccc1CNc1cccc(F)c1C#N. The van der Waals surface area contributed by atoms with Gasteiger partial charge in [-0.2, -0.15) is 5.26 Å². The first-order valence-corrected chi connectivity index (χ1v) is 5.25. The first-order valence-electron chi connectivity index (χ1n) is 5.25. The summed E-state index contributed by atoms with van der Waals surface area (Å²) < 4.78 is 15.3. The van der Waals surface area contributed by atoms with Crippen LogP contribution in [0.1, 0.15) is 11.3 Å². The van der Waals surface area contributed by atoms with E-state index in [1.165, 1.54) is 6.07 Å². The summed E-state index contributed by atoms with van der Waals surface area (Å²) in [6.07, 6.45) is 1.94. The van der Waals surface area contributed by atoms with Crippen molar-refractivity contribution >= 4 is 5.69 Å². The molecule has 0 amide bonds. The van der Waals surface area contributed by atoms with Crippen LogP contribution in [0, 0.1) is 17.1 Å². The molecular formula is C13H12FN3. The Balaban J connectivity index is 2.18. The van der Waals surface area contributed by atoms with Crippen LogP contribution in [0.25, 0.3) is 0 Å². The van der Waals surface area contributed by atoms with Crippen LogP contribution in [-0.2, 0) is 13.6 Å². The van der Waals surface area contributed by atoms with E-state index in [9.17, 15) is 4.39 Å². The second-order valence-corrected chi connectivity index (χ2v) is 3.74. The third-order valence-electron chi connectivity index (χ3n) is 2.64. The number of nitriles is 1. The minimum Gasteiger partial charge on any atom is -0.378 e. The summed E-state index contributed by atoms with van der Waals surface area (Å²) in [7, 11) is 1.94. The van der Waals surface area contributed by atoms with Crippen LogP contribution in [0.15, 0.2) is 36.5 Å². The average Bonchev–Trinajstić information content (AvgIpc) is 2.72. The summed E-state index contributed by atoms with van der Waals surface area (Å²) in [4.78, 5) is 0. The summed E-state index contributed by atoms with van der Waals surface area (Å²) in [5, 5.41) is 11.9. The van der Waals surface area contributed by atoms with Crippen LogP contribution >= 0.6 is 0 Å². The lowest BCUT2D eigenvalue weighted by molar-refractivity contribution is 0.624. The van der Waals surface area contributed by atoms with Gasteiger partial charge in [-0.3, -0.25) is 0 Å². The van der Waals surface area contributed by atoms with Gasteiger partial charge in [-0.25, -0.2) is 4.39 Å². The molecule has 86 valence electrons. The average molecular weight is 229 g/mol. The van der Waals surface area contributed by atoms with Gasteiger partial charge in [0, 0.05) is 18.9 Å². The molecule has 0 radical (unpaired) electrons. The van der Waals surface area contributed by atoms with E-state index in [1.807, 2.05) is 36.0 Å². The molecule has 1 aromatic carbocycles. The second-order valence-electron chi connectivity index (χ2n) is 3.74. The molecule has 2 rings (SSSR count). The summed E-state index contributed by atoms with van der Waals surface area (Å²) >= 11 is 0. The predicted molar refractivity (Wildman–Crippen MR) is 63.9 cm³/mol. The van der Waals surface area contributed by atoms with Crippen LogP contribution in [0.3, 0.4) is 0 Å². The Labute approximate surface area is 99.1 Å². The first kappa shape index (κ1) is 11.2. The molecule has 0 fully saturated rings. The van der Waals surface area contributed by atoms with Crippen molar-refractivity contribution in [2.75, 3.05) is 5.32 Å². The van der Waals surface area contributed by atoms with Gasteiger partial charge in [0.15, 0.2) is 0 Å². The largest absolute Gasteiger partial charge is 0.378 e. The van der Waals surface area contributed by atoms with E-state index in [0.29, 0.717) is 12.2 Å². The highest BCUT2D eigenvalue weighted by Crippen LogP contribution is 2.18. The minimum absolute atomic E-state index is 0.0571. The number of rotatable bonds is 3. The third kappa shape index (κ3) is 2.28. The van der Waals surface area contributed by atoms with Crippen molar-refractivity contribution < 1.29 is 4.39 Å². The van der Waals surface area contributed by atoms with Crippen molar-refractivity contribution in [3.63, 3.8) is 0 Å². The number of nitrogens with one attached hydrogen (secondary N) is 1. The van der Waals surface area contributed by atoms with Gasteiger partial charge in [-0.1, -0.05) is 6.07 Å². The Hall–Kier alpha value is -2.28. The lowest BCUT2D eigenvalue weighted by atomic mass is 10.2. The molecule has 17 heavy (non-hydrogen) atoms. The van der Waals surface area contributed by atoms with E-state index in [2.05, 4.69) is 5.32 Å². The van der Waals surface area contributed by atoms with Gasteiger partial charge in [0.25, 0.3) is 0 Å². The van der Waals surface area contributed by atoms with Crippen molar-refractivity contribution in [1.82, 2.24) is 4.57 Å². The normalized spacial score (nSPS) is 9.94. The topological polar surface area (TPSA) is 40.8 Å². The highest BCUT2D eigenvalue weighted by Gasteiger charge is 2.07. The number of hydrogen-bond donors (Lipinski definition) is 1. The zero-order valence-corrected chi connectivity index (χ0v) is 9.44. The quantitative estimate of drug-likeness (QED) is 0.879. The minimum atomic E-state index is -0.496. The summed E-state index contributed by atoms with van der Waals surface area (Å²) in [5.41, 5.74) is 1.65. The molecule has 1 N–H and O–H groups in total. The number of aryl methyl sites for hydroxylation is 1. The standard InChI is InChI=1S/C13H12FN3/c1-17-7-3-4-10(17)9-16-13-6-2-5-12(14)11(13)8-15/h2-7,16H,9H2,1H3. The molecule has 0 aliphatic rings. The van der Waals surface area contributed by atoms with E-state index in [1.54, 1.807) is 12.1 Å². The maximum absolute atomic E-state index is 13.3. The summed E-state index contributed by atoms with van der Waals surface area (Å²) in [5.74, 6) is -0.496. The molecule has 0 aliphatic heterocycles. The number of halogens is 1. The number of benzene rings is 1. The van der Waals surface area contributed by atoms with Crippen LogP contribution in [0.2, 0.25) is 0 Å². The van der Waals surface area contributed by atoms with E-state index in [-0.39, 0.29) is 5.56 Å². The first-order chi connectivity index (χ1) is 8.22. The molecule has 0 spiro atoms. The van der Waals surface area contributed by atoms with Crippen molar-refractivity contribution in [2.24, 2.45) is 7.05 Å². The molecule has 0 unspecified atom stereocenters. The van der Waals surface area contributed by atoms with Gasteiger partial charge in [0.2, 0.25) is 0 Å². The number of hydrogen-bond acceptors (Lipinski definition) is 2. The Morgan fingerprint density at radius 1 is 1.35 bits per heavy atom. The lowest BCUT2D eigenvalue weighted by Crippen LogP contribution is -2.05. The van der Waals surface area contributed by atoms with Crippen molar-refractivity contribution in [3.05, 3.63) is 53.6 Å². The molecule has 0 aliphatic carbocycles. The second kappa shape index (κ2) is 4.71. The van der Waals surface area contributed by atoms with Gasteiger partial charge in [0.1, 0.15) is 17.4 Å². The maximum Gasteiger partial charge on any atom is 0.143 e. The van der Waals surface area contributed by atoms with E-state index in [4.69, 9.17) is 5.26 Å². The number of anilines is 1. The van der Waals surface area contributed by atoms with Gasteiger partial charge >= 0.3 is 0 Å². The lowest BCUT2D eigenvalue weighted by Gasteiger charge is -2.09. The summed E-state index contributed by atoms with van der Waals surface area (Å²) in [6.45, 7) is 0.557. The fraction of sp³-hybridized carbons (Fsp3) is 0.154. The van der Waals surface area contributed by atoms with Gasteiger partial charge in [0.05, 0.1) is 12.2 Å². The van der Waals surface area contributed by atoms with Crippen LogP contribution in [0.5, 0.6) is 0 Å². The van der Waals surface area contributed by atoms with Crippen molar-refractivity contribution in [2.45, 2.75) is 6.54 Å². The molecule has 3 nitrogen and oxygen atoms in total. The number of aromatic nitrogens is 1. The smallest absolute Gasteiger partial charge is 0.143 e. The Bertz CT molecular complexity index is 566. The van der Waals surface area contributed by atoms with E-state index in [0.717, 1.165) is 5.69 Å². The third-order valence-corrected chi connectivity index (χ3v) is 2.64. The van der Waals surface area contributed by atoms with Crippen molar-refractivity contribution in [1.29, 1.82) is 5.26 Å². The van der Waals surface area contributed by atoms with Crippen molar-refractivity contribution in [3.8, 4) is 6.07 Å².